The van der Waals surface area contributed by atoms with Crippen LogP contribution in [0.1, 0.15) is 5.69 Å². The number of hydrogen-bond acceptors (Lipinski definition) is 4. The summed E-state index contributed by atoms with van der Waals surface area (Å²) in [6.45, 7) is 0. The number of hydrogen-bond donors (Lipinski definition) is 0. The summed E-state index contributed by atoms with van der Waals surface area (Å²) < 4.78 is 18.5. The topological polar surface area (TPSA) is 39.2 Å². The molecule has 0 aliphatic heterocycles. The third kappa shape index (κ3) is 4.12. The van der Waals surface area contributed by atoms with Crippen LogP contribution in [0.2, 0.25) is 10.0 Å². The zero-order valence-electron chi connectivity index (χ0n) is 12.1. The van der Waals surface area contributed by atoms with Crippen molar-refractivity contribution in [2.45, 2.75) is 6.42 Å². The molecule has 7 heteroatoms. The fourth-order valence-electron chi connectivity index (χ4n) is 2.00. The van der Waals surface area contributed by atoms with Crippen LogP contribution in [-0.4, -0.2) is 11.0 Å². The van der Waals surface area contributed by atoms with E-state index in [4.69, 9.17) is 27.9 Å². The lowest BCUT2D eigenvalue weighted by Crippen LogP contribution is -2.11. The van der Waals surface area contributed by atoms with E-state index in [1.165, 1.54) is 29.5 Å². The van der Waals surface area contributed by atoms with Crippen LogP contribution in [0, 0.1) is 5.82 Å². The van der Waals surface area contributed by atoms with Gasteiger partial charge in [0, 0.05) is 22.0 Å². The molecule has 0 radical (unpaired) electrons. The van der Waals surface area contributed by atoms with Crippen LogP contribution in [0.3, 0.4) is 0 Å². The number of nitrogens with zero attached hydrogens (tertiary/aromatic N) is 1. The highest BCUT2D eigenvalue weighted by Crippen LogP contribution is 2.28. The summed E-state index contributed by atoms with van der Waals surface area (Å²) in [6.07, 6.45) is -0.0192. The van der Waals surface area contributed by atoms with Gasteiger partial charge >= 0.3 is 5.97 Å². The number of esters is 1. The molecule has 3 rings (SSSR count). The number of aromatic nitrogens is 1. The van der Waals surface area contributed by atoms with E-state index in [2.05, 4.69) is 4.98 Å². The second kappa shape index (κ2) is 7.30. The van der Waals surface area contributed by atoms with Crippen LogP contribution >= 0.6 is 34.5 Å². The maximum Gasteiger partial charge on any atom is 0.317 e. The number of rotatable bonds is 4. The van der Waals surface area contributed by atoms with Gasteiger partial charge in [-0.1, -0.05) is 35.3 Å². The Hall–Kier alpha value is -1.95. The van der Waals surface area contributed by atoms with Gasteiger partial charge in [0.05, 0.1) is 17.1 Å². The highest BCUT2D eigenvalue weighted by Gasteiger charge is 2.13. The number of benzene rings is 2. The van der Waals surface area contributed by atoms with Crippen molar-refractivity contribution in [1.82, 2.24) is 4.98 Å². The standard InChI is InChI=1S/C17H10Cl2FNO2S/c18-11-4-5-14(19)15(7-11)23-16(22)8-13-9-24-17(21-13)10-2-1-3-12(20)6-10/h1-7,9H,8H2. The largest absolute Gasteiger partial charge is 0.425 e. The summed E-state index contributed by atoms with van der Waals surface area (Å²) in [5.74, 6) is -0.635. The van der Waals surface area contributed by atoms with Crippen molar-refractivity contribution in [2.75, 3.05) is 0 Å². The predicted octanol–water partition coefficient (Wildman–Crippen LogP) is 5.40. The molecule has 2 aromatic carbocycles. The Morgan fingerprint density at radius 3 is 2.83 bits per heavy atom. The molecule has 0 aliphatic rings. The molecule has 0 spiro atoms. The van der Waals surface area contributed by atoms with Gasteiger partial charge in [-0.3, -0.25) is 4.79 Å². The Morgan fingerprint density at radius 2 is 2.04 bits per heavy atom. The average molecular weight is 382 g/mol. The van der Waals surface area contributed by atoms with Gasteiger partial charge in [0.2, 0.25) is 0 Å². The summed E-state index contributed by atoms with van der Waals surface area (Å²) >= 11 is 13.1. The van der Waals surface area contributed by atoms with Crippen molar-refractivity contribution in [3.05, 3.63) is 69.4 Å². The summed E-state index contributed by atoms with van der Waals surface area (Å²) in [6, 6.07) is 10.8. The van der Waals surface area contributed by atoms with Crippen LogP contribution in [0.15, 0.2) is 47.8 Å². The van der Waals surface area contributed by atoms with Crippen LogP contribution in [0.4, 0.5) is 4.39 Å². The smallest absolute Gasteiger partial charge is 0.317 e. The fraction of sp³-hybridized carbons (Fsp3) is 0.0588. The lowest BCUT2D eigenvalue weighted by molar-refractivity contribution is -0.133. The Bertz CT molecular complexity index is 898. The second-order valence-electron chi connectivity index (χ2n) is 4.88. The molecule has 0 amide bonds. The molecule has 0 saturated carbocycles. The maximum atomic E-state index is 13.3. The normalized spacial score (nSPS) is 10.6. The van der Waals surface area contributed by atoms with Gasteiger partial charge in [-0.2, -0.15) is 0 Å². The van der Waals surface area contributed by atoms with Crippen LogP contribution in [0.5, 0.6) is 5.75 Å². The summed E-state index contributed by atoms with van der Waals surface area (Å²) in [7, 11) is 0. The third-order valence-corrected chi connectivity index (χ3v) is 4.55. The molecule has 3 nitrogen and oxygen atoms in total. The van der Waals surface area contributed by atoms with Crippen molar-refractivity contribution in [1.29, 1.82) is 0 Å². The average Bonchev–Trinajstić information content (AvgIpc) is 2.99. The number of thiazole rings is 1. The van der Waals surface area contributed by atoms with Gasteiger partial charge in [-0.25, -0.2) is 9.37 Å². The quantitative estimate of drug-likeness (QED) is 0.448. The first-order chi connectivity index (χ1) is 11.5. The maximum absolute atomic E-state index is 13.3. The van der Waals surface area contributed by atoms with Crippen molar-refractivity contribution in [3.63, 3.8) is 0 Å². The molecule has 3 aromatic rings. The van der Waals surface area contributed by atoms with Gasteiger partial charge in [0.25, 0.3) is 0 Å². The van der Waals surface area contributed by atoms with E-state index in [9.17, 15) is 9.18 Å². The first-order valence-electron chi connectivity index (χ1n) is 6.87. The minimum Gasteiger partial charge on any atom is -0.425 e. The Balaban J connectivity index is 1.70. The summed E-state index contributed by atoms with van der Waals surface area (Å²) in [5.41, 5.74) is 1.21. The Morgan fingerprint density at radius 1 is 1.21 bits per heavy atom. The fourth-order valence-corrected chi connectivity index (χ4v) is 3.14. The van der Waals surface area contributed by atoms with Crippen molar-refractivity contribution in [3.8, 4) is 16.3 Å². The minimum atomic E-state index is -0.504. The molecule has 122 valence electrons. The summed E-state index contributed by atoms with van der Waals surface area (Å²) in [5, 5.41) is 3.09. The number of ether oxygens (including phenoxy) is 1. The third-order valence-electron chi connectivity index (χ3n) is 3.07. The zero-order valence-corrected chi connectivity index (χ0v) is 14.5. The minimum absolute atomic E-state index is 0.0192. The predicted molar refractivity (Wildman–Crippen MR) is 93.3 cm³/mol. The van der Waals surface area contributed by atoms with E-state index >= 15 is 0 Å². The van der Waals surface area contributed by atoms with Crippen LogP contribution in [0.25, 0.3) is 10.6 Å². The molecule has 0 bridgehead atoms. The molecule has 0 atom stereocenters. The second-order valence-corrected chi connectivity index (χ2v) is 6.58. The molecule has 1 aromatic heterocycles. The first kappa shape index (κ1) is 16.9. The van der Waals surface area contributed by atoms with Gasteiger partial charge < -0.3 is 4.74 Å². The van der Waals surface area contributed by atoms with Crippen LogP contribution in [-0.2, 0) is 11.2 Å². The highest BCUT2D eigenvalue weighted by molar-refractivity contribution is 7.13. The molecular formula is C17H10Cl2FNO2S. The Labute approximate surface area is 151 Å². The van der Waals surface area contributed by atoms with Crippen molar-refractivity contribution in [2.24, 2.45) is 0 Å². The Kier molecular flexibility index (Phi) is 5.14. The zero-order chi connectivity index (χ0) is 17.1. The number of carbonyl (C=O) groups is 1. The van der Waals surface area contributed by atoms with E-state index in [0.717, 1.165) is 0 Å². The number of halogens is 3. The lowest BCUT2D eigenvalue weighted by atomic mass is 10.2. The number of carbonyl (C=O) groups excluding carboxylic acids is 1. The SMILES string of the molecule is O=C(Cc1csc(-c2cccc(F)c2)n1)Oc1cc(Cl)ccc1Cl. The van der Waals surface area contributed by atoms with Gasteiger partial charge in [-0.15, -0.1) is 11.3 Å². The molecule has 0 saturated heterocycles. The van der Waals surface area contributed by atoms with Crippen LogP contribution < -0.4 is 4.74 Å². The van der Waals surface area contributed by atoms with Gasteiger partial charge in [-0.05, 0) is 24.3 Å². The monoisotopic (exact) mass is 381 g/mol. The molecule has 0 aliphatic carbocycles. The lowest BCUT2D eigenvalue weighted by Gasteiger charge is -2.05. The van der Waals surface area contributed by atoms with Crippen molar-refractivity contribution < 1.29 is 13.9 Å². The van der Waals surface area contributed by atoms with E-state index in [1.807, 2.05) is 0 Å². The van der Waals surface area contributed by atoms with E-state index < -0.39 is 5.97 Å². The molecule has 1 heterocycles. The molecule has 0 fully saturated rings. The van der Waals surface area contributed by atoms with E-state index in [-0.39, 0.29) is 18.0 Å². The van der Waals surface area contributed by atoms with Crippen molar-refractivity contribution >= 4 is 40.5 Å². The first-order valence-corrected chi connectivity index (χ1v) is 8.51. The molecule has 0 unspecified atom stereocenters. The molecule has 0 N–H and O–H groups in total. The molecule has 24 heavy (non-hydrogen) atoms. The van der Waals surface area contributed by atoms with E-state index in [0.29, 0.717) is 26.3 Å². The van der Waals surface area contributed by atoms with E-state index in [1.54, 1.807) is 29.6 Å². The summed E-state index contributed by atoms with van der Waals surface area (Å²) in [4.78, 5) is 16.4. The van der Waals surface area contributed by atoms with Gasteiger partial charge in [0.15, 0.2) is 5.75 Å². The van der Waals surface area contributed by atoms with Gasteiger partial charge in [0.1, 0.15) is 10.8 Å². The highest BCUT2D eigenvalue weighted by atomic mass is 35.5. The molecular weight excluding hydrogens is 372 g/mol.